The summed E-state index contributed by atoms with van der Waals surface area (Å²) in [5.41, 5.74) is 1.69. The van der Waals surface area contributed by atoms with Crippen LogP contribution >= 0.6 is 54.8 Å². The van der Waals surface area contributed by atoms with E-state index >= 15 is 0 Å². The van der Waals surface area contributed by atoms with Crippen LogP contribution in [-0.4, -0.2) is 5.11 Å². The van der Waals surface area contributed by atoms with Crippen LogP contribution in [0.25, 0.3) is 0 Å². The number of rotatable bonds is 2. The molecule has 1 aromatic carbocycles. The smallest absolute Gasteiger partial charge is 0.106 e. The zero-order valence-corrected chi connectivity index (χ0v) is 12.7. The summed E-state index contributed by atoms with van der Waals surface area (Å²) < 4.78 is 1.92. The zero-order valence-electron chi connectivity index (χ0n) is 7.95. The molecule has 1 aromatic heterocycles. The monoisotopic (exact) mass is 380 g/mol. The van der Waals surface area contributed by atoms with E-state index in [2.05, 4.69) is 31.9 Å². The van der Waals surface area contributed by atoms with Crippen LogP contribution in [0.15, 0.2) is 37.9 Å². The molecule has 1 N–H and O–H groups in total. The second kappa shape index (κ2) is 5.19. The Morgan fingerprint density at radius 2 is 1.81 bits per heavy atom. The highest BCUT2D eigenvalue weighted by atomic mass is 79.9. The van der Waals surface area contributed by atoms with Crippen molar-refractivity contribution in [1.29, 1.82) is 0 Å². The predicted molar refractivity (Wildman–Crippen MR) is 75.2 cm³/mol. The third-order valence-corrected chi connectivity index (χ3v) is 4.80. The molecule has 0 aliphatic rings. The molecule has 84 valence electrons. The third kappa shape index (κ3) is 2.68. The molecular formula is C11H7Br2ClOS. The molecule has 0 fully saturated rings. The fourth-order valence-electron chi connectivity index (χ4n) is 1.36. The van der Waals surface area contributed by atoms with Crippen molar-refractivity contribution in [2.24, 2.45) is 0 Å². The van der Waals surface area contributed by atoms with Gasteiger partial charge in [0.25, 0.3) is 0 Å². The lowest BCUT2D eigenvalue weighted by atomic mass is 10.0. The molecule has 0 saturated carbocycles. The van der Waals surface area contributed by atoms with Crippen LogP contribution in [-0.2, 0) is 0 Å². The van der Waals surface area contributed by atoms with Gasteiger partial charge in [0.2, 0.25) is 0 Å². The summed E-state index contributed by atoms with van der Waals surface area (Å²) in [4.78, 5) is 0. The molecule has 0 amide bonds. The number of benzene rings is 1. The average Bonchev–Trinajstić information content (AvgIpc) is 2.58. The molecular weight excluding hydrogens is 375 g/mol. The summed E-state index contributed by atoms with van der Waals surface area (Å²) in [6, 6.07) is 9.11. The van der Waals surface area contributed by atoms with Gasteiger partial charge in [-0.2, -0.15) is 0 Å². The first-order valence-electron chi connectivity index (χ1n) is 4.46. The van der Waals surface area contributed by atoms with Crippen LogP contribution in [0.2, 0.25) is 5.02 Å². The van der Waals surface area contributed by atoms with Crippen LogP contribution < -0.4 is 0 Å². The Morgan fingerprint density at radius 3 is 2.31 bits per heavy atom. The highest BCUT2D eigenvalue weighted by molar-refractivity contribution is 9.12. The maximum Gasteiger partial charge on any atom is 0.106 e. The van der Waals surface area contributed by atoms with Gasteiger partial charge in [0, 0.05) is 10.6 Å². The molecule has 1 unspecified atom stereocenters. The van der Waals surface area contributed by atoms with Gasteiger partial charge in [-0.3, -0.25) is 0 Å². The van der Waals surface area contributed by atoms with E-state index < -0.39 is 6.10 Å². The summed E-state index contributed by atoms with van der Waals surface area (Å²) in [7, 11) is 0. The van der Waals surface area contributed by atoms with E-state index in [-0.39, 0.29) is 0 Å². The van der Waals surface area contributed by atoms with Crippen molar-refractivity contribution in [1.82, 2.24) is 0 Å². The Morgan fingerprint density at radius 1 is 1.19 bits per heavy atom. The molecule has 1 atom stereocenters. The molecule has 5 heteroatoms. The Kier molecular flexibility index (Phi) is 4.08. The van der Waals surface area contributed by atoms with Crippen molar-refractivity contribution in [2.75, 3.05) is 0 Å². The summed E-state index contributed by atoms with van der Waals surface area (Å²) in [6.45, 7) is 0. The van der Waals surface area contributed by atoms with Crippen molar-refractivity contribution in [3.8, 4) is 0 Å². The molecule has 0 aliphatic heterocycles. The molecule has 2 aromatic rings. The Hall–Kier alpha value is 0.130. The van der Waals surface area contributed by atoms with E-state index in [0.29, 0.717) is 5.02 Å². The van der Waals surface area contributed by atoms with E-state index in [1.165, 1.54) is 0 Å². The molecule has 2 rings (SSSR count). The first-order chi connectivity index (χ1) is 7.58. The van der Waals surface area contributed by atoms with Crippen molar-refractivity contribution in [2.45, 2.75) is 6.10 Å². The normalized spacial score (nSPS) is 12.8. The van der Waals surface area contributed by atoms with E-state index in [4.69, 9.17) is 11.6 Å². The molecule has 0 radical (unpaired) electrons. The number of halogens is 3. The van der Waals surface area contributed by atoms with Gasteiger partial charge in [0.05, 0.1) is 7.57 Å². The van der Waals surface area contributed by atoms with Crippen LogP contribution in [0.1, 0.15) is 17.2 Å². The van der Waals surface area contributed by atoms with Gasteiger partial charge < -0.3 is 5.11 Å². The summed E-state index contributed by atoms with van der Waals surface area (Å²) in [6.07, 6.45) is -0.630. The van der Waals surface area contributed by atoms with Crippen molar-refractivity contribution >= 4 is 54.8 Å². The average molecular weight is 383 g/mol. The summed E-state index contributed by atoms with van der Waals surface area (Å²) in [5.74, 6) is 0. The van der Waals surface area contributed by atoms with Crippen molar-refractivity contribution < 1.29 is 5.11 Å². The summed E-state index contributed by atoms with van der Waals surface area (Å²) in [5, 5.41) is 10.9. The second-order valence-corrected chi connectivity index (χ2v) is 7.42. The third-order valence-electron chi connectivity index (χ3n) is 2.16. The maximum absolute atomic E-state index is 10.2. The Labute approximate surface area is 119 Å². The van der Waals surface area contributed by atoms with Crippen LogP contribution in [0, 0.1) is 0 Å². The van der Waals surface area contributed by atoms with Crippen molar-refractivity contribution in [3.05, 3.63) is 54.1 Å². The minimum Gasteiger partial charge on any atom is -0.384 e. The fraction of sp³-hybridized carbons (Fsp3) is 0.0909. The molecule has 16 heavy (non-hydrogen) atoms. The number of hydrogen-bond acceptors (Lipinski definition) is 2. The van der Waals surface area contributed by atoms with Crippen LogP contribution in [0.3, 0.4) is 0 Å². The van der Waals surface area contributed by atoms with Crippen molar-refractivity contribution in [3.63, 3.8) is 0 Å². The van der Waals surface area contributed by atoms with Gasteiger partial charge in [-0.1, -0.05) is 23.7 Å². The Bertz CT molecular complexity index is 495. The van der Waals surface area contributed by atoms with Gasteiger partial charge >= 0.3 is 0 Å². The molecule has 1 nitrogen and oxygen atoms in total. The van der Waals surface area contributed by atoms with Gasteiger partial charge in [-0.15, -0.1) is 11.3 Å². The van der Waals surface area contributed by atoms with Gasteiger partial charge in [0.1, 0.15) is 6.10 Å². The van der Waals surface area contributed by atoms with E-state index in [0.717, 1.165) is 18.7 Å². The molecule has 0 aliphatic carbocycles. The lowest BCUT2D eigenvalue weighted by Crippen LogP contribution is -1.98. The second-order valence-electron chi connectivity index (χ2n) is 3.23. The molecule has 0 saturated heterocycles. The first kappa shape index (κ1) is 12.6. The van der Waals surface area contributed by atoms with E-state index in [1.807, 2.05) is 18.2 Å². The van der Waals surface area contributed by atoms with Gasteiger partial charge in [-0.05, 0) is 55.6 Å². The standard InChI is InChI=1S/C11H7Br2ClOS/c12-9-5-8(11(13)16-9)10(15)6-1-3-7(14)4-2-6/h1-5,10,15H. The number of aliphatic hydroxyl groups is 1. The number of thiophene rings is 1. The number of hydrogen-bond donors (Lipinski definition) is 1. The topological polar surface area (TPSA) is 20.2 Å². The van der Waals surface area contributed by atoms with Crippen LogP contribution in [0.5, 0.6) is 0 Å². The lowest BCUT2D eigenvalue weighted by molar-refractivity contribution is 0.220. The predicted octanol–water partition coefficient (Wildman–Crippen LogP) is 5.01. The summed E-state index contributed by atoms with van der Waals surface area (Å²) >= 11 is 14.2. The molecule has 1 heterocycles. The molecule has 0 spiro atoms. The largest absolute Gasteiger partial charge is 0.384 e. The molecule has 0 bridgehead atoms. The van der Waals surface area contributed by atoms with E-state index in [9.17, 15) is 5.11 Å². The Balaban J connectivity index is 2.35. The fourth-order valence-corrected chi connectivity index (χ4v) is 4.37. The number of aliphatic hydroxyl groups excluding tert-OH is 1. The quantitative estimate of drug-likeness (QED) is 0.774. The van der Waals surface area contributed by atoms with Gasteiger partial charge in [-0.25, -0.2) is 0 Å². The van der Waals surface area contributed by atoms with Gasteiger partial charge in [0.15, 0.2) is 0 Å². The van der Waals surface area contributed by atoms with E-state index in [1.54, 1.807) is 23.5 Å². The SMILES string of the molecule is OC(c1ccc(Cl)cc1)c1cc(Br)sc1Br. The highest BCUT2D eigenvalue weighted by Crippen LogP contribution is 2.37. The highest BCUT2D eigenvalue weighted by Gasteiger charge is 2.16. The van der Waals surface area contributed by atoms with Crippen LogP contribution in [0.4, 0.5) is 0 Å². The zero-order chi connectivity index (χ0) is 11.7. The minimum atomic E-state index is -0.630. The lowest BCUT2D eigenvalue weighted by Gasteiger charge is -2.10. The maximum atomic E-state index is 10.2. The first-order valence-corrected chi connectivity index (χ1v) is 7.24. The minimum absolute atomic E-state index is 0.630.